The molecule has 0 bridgehead atoms. The molecule has 0 radical (unpaired) electrons. The lowest BCUT2D eigenvalue weighted by atomic mass is 9.97. The third kappa shape index (κ3) is 4.51. The molecule has 1 N–H and O–H groups in total. The third-order valence-electron chi connectivity index (χ3n) is 3.63. The van der Waals surface area contributed by atoms with Crippen LogP contribution in [-0.4, -0.2) is 44.7 Å². The van der Waals surface area contributed by atoms with Crippen LogP contribution in [0.1, 0.15) is 29.2 Å². The van der Waals surface area contributed by atoms with Crippen molar-refractivity contribution in [1.82, 2.24) is 10.2 Å². The van der Waals surface area contributed by atoms with Crippen molar-refractivity contribution in [3.63, 3.8) is 0 Å². The van der Waals surface area contributed by atoms with Crippen LogP contribution in [-0.2, 0) is 11.3 Å². The molecule has 0 atom stereocenters. The number of rotatable bonds is 5. The van der Waals surface area contributed by atoms with Crippen molar-refractivity contribution in [2.75, 3.05) is 33.8 Å². The first-order chi connectivity index (χ1) is 9.22. The van der Waals surface area contributed by atoms with Gasteiger partial charge in [0, 0.05) is 0 Å². The average Bonchev–Trinajstić information content (AvgIpc) is 2.89. The molecule has 1 aliphatic heterocycles. The molecule has 114 valence electrons. The van der Waals surface area contributed by atoms with Gasteiger partial charge in [-0.2, -0.15) is 0 Å². The summed E-state index contributed by atoms with van der Waals surface area (Å²) in [6.45, 7) is 4.03. The lowest BCUT2D eigenvalue weighted by molar-refractivity contribution is 0.0560. The van der Waals surface area contributed by atoms with Crippen molar-refractivity contribution in [2.24, 2.45) is 5.92 Å². The van der Waals surface area contributed by atoms with Crippen LogP contribution in [0.25, 0.3) is 0 Å². The summed E-state index contributed by atoms with van der Waals surface area (Å²) in [5, 5.41) is 3.24. The quantitative estimate of drug-likeness (QED) is 0.842. The van der Waals surface area contributed by atoms with E-state index in [9.17, 15) is 4.79 Å². The minimum atomic E-state index is -0.418. The summed E-state index contributed by atoms with van der Waals surface area (Å²) in [7, 11) is 3.36. The lowest BCUT2D eigenvalue weighted by Crippen LogP contribution is -2.36. The smallest absolute Gasteiger partial charge is 0.373 e. The van der Waals surface area contributed by atoms with Gasteiger partial charge in [0.05, 0.1) is 13.7 Å². The summed E-state index contributed by atoms with van der Waals surface area (Å²) in [4.78, 5) is 13.7. The molecule has 1 aromatic rings. The average molecular weight is 303 g/mol. The van der Waals surface area contributed by atoms with E-state index in [1.807, 2.05) is 13.1 Å². The van der Waals surface area contributed by atoms with Gasteiger partial charge in [-0.25, -0.2) is 4.79 Å². The second-order valence-electron chi connectivity index (χ2n) is 5.03. The number of esters is 1. The molecule has 0 aliphatic carbocycles. The Bertz CT molecular complexity index is 414. The maximum Gasteiger partial charge on any atom is 0.373 e. The first kappa shape index (κ1) is 17.0. The van der Waals surface area contributed by atoms with Crippen LogP contribution in [0.2, 0.25) is 0 Å². The van der Waals surface area contributed by atoms with Crippen molar-refractivity contribution >= 4 is 18.4 Å². The highest BCUT2D eigenvalue weighted by Gasteiger charge is 2.20. The Labute approximate surface area is 126 Å². The standard InChI is InChI=1S/C14H22N2O3.ClH/c1-15-9-11-5-7-16(8-6-11)10-12-3-4-13(19-12)14(17)18-2;/h3-4,11,15H,5-10H2,1-2H3;1H. The molecule has 6 heteroatoms. The van der Waals surface area contributed by atoms with Crippen LogP contribution in [0.15, 0.2) is 16.5 Å². The van der Waals surface area contributed by atoms with Crippen molar-refractivity contribution < 1.29 is 13.9 Å². The highest BCUT2D eigenvalue weighted by molar-refractivity contribution is 5.86. The van der Waals surface area contributed by atoms with Gasteiger partial charge in [0.25, 0.3) is 0 Å². The fourth-order valence-corrected chi connectivity index (χ4v) is 2.53. The van der Waals surface area contributed by atoms with E-state index in [4.69, 9.17) is 4.42 Å². The zero-order valence-electron chi connectivity index (χ0n) is 12.1. The van der Waals surface area contributed by atoms with Crippen molar-refractivity contribution in [3.05, 3.63) is 23.7 Å². The number of piperidine rings is 1. The second-order valence-corrected chi connectivity index (χ2v) is 5.03. The van der Waals surface area contributed by atoms with Crippen molar-refractivity contribution in [2.45, 2.75) is 19.4 Å². The predicted molar refractivity (Wildman–Crippen MR) is 79.2 cm³/mol. The minimum Gasteiger partial charge on any atom is -0.463 e. The number of hydrogen-bond donors (Lipinski definition) is 1. The Morgan fingerprint density at radius 1 is 1.45 bits per heavy atom. The molecular weight excluding hydrogens is 280 g/mol. The summed E-state index contributed by atoms with van der Waals surface area (Å²) in [6.07, 6.45) is 2.43. The van der Waals surface area contributed by atoms with Crippen molar-refractivity contribution in [1.29, 1.82) is 0 Å². The van der Waals surface area contributed by atoms with Crippen molar-refractivity contribution in [3.8, 4) is 0 Å². The normalized spacial score (nSPS) is 16.7. The summed E-state index contributed by atoms with van der Waals surface area (Å²) >= 11 is 0. The molecule has 0 aromatic carbocycles. The summed E-state index contributed by atoms with van der Waals surface area (Å²) in [5.74, 6) is 1.47. The molecule has 1 aliphatic rings. The molecular formula is C14H23ClN2O3. The Hall–Kier alpha value is -1.04. The number of methoxy groups -OCH3 is 1. The number of nitrogens with zero attached hydrogens (tertiary/aromatic N) is 1. The lowest BCUT2D eigenvalue weighted by Gasteiger charge is -2.31. The van der Waals surface area contributed by atoms with E-state index < -0.39 is 5.97 Å². The summed E-state index contributed by atoms with van der Waals surface area (Å²) < 4.78 is 10.1. The van der Waals surface area contributed by atoms with Gasteiger partial charge >= 0.3 is 5.97 Å². The predicted octanol–water partition coefficient (Wildman–Crippen LogP) is 1.92. The molecule has 1 fully saturated rings. The van der Waals surface area contributed by atoms with E-state index in [0.717, 1.165) is 37.9 Å². The minimum absolute atomic E-state index is 0. The maximum absolute atomic E-state index is 11.3. The number of nitrogens with one attached hydrogen (secondary N) is 1. The molecule has 5 nitrogen and oxygen atoms in total. The first-order valence-electron chi connectivity index (χ1n) is 6.77. The first-order valence-corrected chi connectivity index (χ1v) is 6.77. The third-order valence-corrected chi connectivity index (χ3v) is 3.63. The second kappa shape index (κ2) is 8.29. The number of furan rings is 1. The molecule has 0 spiro atoms. The fraction of sp³-hybridized carbons (Fsp3) is 0.643. The van der Waals surface area contributed by atoms with E-state index in [-0.39, 0.29) is 18.2 Å². The van der Waals surface area contributed by atoms with Gasteiger partial charge in [-0.05, 0) is 57.6 Å². The Kier molecular flexibility index (Phi) is 7.05. The molecule has 2 rings (SSSR count). The topological polar surface area (TPSA) is 54.7 Å². The zero-order chi connectivity index (χ0) is 13.7. The number of carbonyl (C=O) groups is 1. The molecule has 0 saturated carbocycles. The Morgan fingerprint density at radius 3 is 2.75 bits per heavy atom. The number of hydrogen-bond acceptors (Lipinski definition) is 5. The van der Waals surface area contributed by atoms with Gasteiger partial charge < -0.3 is 14.5 Å². The monoisotopic (exact) mass is 302 g/mol. The highest BCUT2D eigenvalue weighted by Crippen LogP contribution is 2.19. The van der Waals surface area contributed by atoms with Gasteiger partial charge in [0.15, 0.2) is 0 Å². The SMILES string of the molecule is CNCC1CCN(Cc2ccc(C(=O)OC)o2)CC1.Cl. The van der Waals surface area contributed by atoms with Gasteiger partial charge in [-0.1, -0.05) is 0 Å². The fourth-order valence-electron chi connectivity index (χ4n) is 2.53. The van der Waals surface area contributed by atoms with E-state index in [2.05, 4.69) is 15.0 Å². The molecule has 0 unspecified atom stereocenters. The van der Waals surface area contributed by atoms with Gasteiger partial charge in [0.2, 0.25) is 5.76 Å². The Morgan fingerprint density at radius 2 is 2.15 bits per heavy atom. The Balaban J connectivity index is 0.00000200. The van der Waals surface area contributed by atoms with Crippen LogP contribution in [0.4, 0.5) is 0 Å². The number of carbonyl (C=O) groups excluding carboxylic acids is 1. The number of halogens is 1. The molecule has 20 heavy (non-hydrogen) atoms. The molecule has 1 aromatic heterocycles. The van der Waals surface area contributed by atoms with E-state index >= 15 is 0 Å². The van der Waals surface area contributed by atoms with Crippen LogP contribution in [0, 0.1) is 5.92 Å². The van der Waals surface area contributed by atoms with E-state index in [1.165, 1.54) is 20.0 Å². The number of ether oxygens (including phenoxy) is 1. The molecule has 2 heterocycles. The molecule has 1 saturated heterocycles. The van der Waals surface area contributed by atoms with E-state index in [1.54, 1.807) is 6.07 Å². The maximum atomic E-state index is 11.3. The van der Waals surface area contributed by atoms with Crippen LogP contribution in [0.3, 0.4) is 0 Å². The van der Waals surface area contributed by atoms with E-state index in [0.29, 0.717) is 0 Å². The summed E-state index contributed by atoms with van der Waals surface area (Å²) in [5.41, 5.74) is 0. The van der Waals surface area contributed by atoms with Crippen LogP contribution in [0.5, 0.6) is 0 Å². The van der Waals surface area contributed by atoms with Gasteiger partial charge in [-0.15, -0.1) is 12.4 Å². The number of likely N-dealkylation sites (tertiary alicyclic amines) is 1. The molecule has 0 amide bonds. The zero-order valence-corrected chi connectivity index (χ0v) is 12.9. The summed E-state index contributed by atoms with van der Waals surface area (Å²) in [6, 6.07) is 3.53. The van der Waals surface area contributed by atoms with Gasteiger partial charge in [0.1, 0.15) is 5.76 Å². The largest absolute Gasteiger partial charge is 0.463 e. The van der Waals surface area contributed by atoms with Crippen LogP contribution < -0.4 is 5.32 Å². The highest BCUT2D eigenvalue weighted by atomic mass is 35.5. The van der Waals surface area contributed by atoms with Crippen LogP contribution >= 0.6 is 12.4 Å². The van der Waals surface area contributed by atoms with Gasteiger partial charge in [-0.3, -0.25) is 4.90 Å².